The zero-order chi connectivity index (χ0) is 17.8. The van der Waals surface area contributed by atoms with Gasteiger partial charge in [-0.1, -0.05) is 0 Å². The molecule has 25 heavy (non-hydrogen) atoms. The van der Waals surface area contributed by atoms with Crippen LogP contribution >= 0.6 is 54.8 Å². The van der Waals surface area contributed by atoms with Gasteiger partial charge in [0.2, 0.25) is 0 Å². The Bertz CT molecular complexity index is 868. The summed E-state index contributed by atoms with van der Waals surface area (Å²) in [5.74, 6) is 0.548. The van der Waals surface area contributed by atoms with Crippen LogP contribution in [0, 0.1) is 0 Å². The van der Waals surface area contributed by atoms with E-state index in [9.17, 15) is 0 Å². The summed E-state index contributed by atoms with van der Waals surface area (Å²) in [6, 6.07) is 12.7. The first-order valence-electron chi connectivity index (χ1n) is 8.06. The van der Waals surface area contributed by atoms with E-state index in [-0.39, 0.29) is 7.25 Å². The molecular weight excluding hydrogens is 581 g/mol. The third-order valence-corrected chi connectivity index (χ3v) is 38.8. The van der Waals surface area contributed by atoms with Gasteiger partial charge < -0.3 is 0 Å². The van der Waals surface area contributed by atoms with Crippen molar-refractivity contribution < 1.29 is 15.8 Å². The Balaban J connectivity index is 1.89. The van der Waals surface area contributed by atoms with E-state index in [4.69, 9.17) is 17.0 Å². The van der Waals surface area contributed by atoms with Crippen molar-refractivity contribution in [1.82, 2.24) is 0 Å². The Labute approximate surface area is 174 Å². The van der Waals surface area contributed by atoms with Gasteiger partial charge in [-0.05, 0) is 0 Å². The number of rotatable bonds is 3. The Morgan fingerprint density at radius 1 is 0.840 bits per heavy atom. The summed E-state index contributed by atoms with van der Waals surface area (Å²) in [4.78, 5) is 0. The van der Waals surface area contributed by atoms with Gasteiger partial charge >= 0.3 is 176 Å². The molecule has 0 aromatic heterocycles. The van der Waals surface area contributed by atoms with Crippen LogP contribution < -0.4 is 0 Å². The SMILES string of the molecule is C[PH][Zr]([Cl])([Cl])([CH]1C=Cc2c(Br)cccc21)[CH]1C=Cc2c(Br)cccc21. The Morgan fingerprint density at radius 2 is 1.28 bits per heavy atom. The summed E-state index contributed by atoms with van der Waals surface area (Å²) in [6.07, 6.45) is 8.87. The maximum absolute atomic E-state index is 7.61. The summed E-state index contributed by atoms with van der Waals surface area (Å²) in [7, 11) is 15.2. The van der Waals surface area contributed by atoms with Crippen LogP contribution in [-0.4, -0.2) is 6.66 Å². The molecule has 6 heteroatoms. The molecule has 2 aromatic carbocycles. The average molecular weight is 597 g/mol. The second kappa shape index (κ2) is 6.68. The standard InChI is InChI=1S/2C9H6Br.CH4P.2ClH.Zr/c2*10-9-6-2-4-7-3-1-5-8(7)9;1-2;;;/h2*1-6H;2H,1H3;2*1H;/q;;-1;;;+3/p-2. The summed E-state index contributed by atoms with van der Waals surface area (Å²) < 4.78 is 2.50. The van der Waals surface area contributed by atoms with Gasteiger partial charge in [-0.3, -0.25) is 0 Å². The van der Waals surface area contributed by atoms with Gasteiger partial charge in [0.1, 0.15) is 0 Å². The van der Waals surface area contributed by atoms with Crippen molar-refractivity contribution >= 4 is 66.9 Å². The van der Waals surface area contributed by atoms with E-state index in [1.165, 1.54) is 22.3 Å². The first-order valence-corrected chi connectivity index (χ1v) is 24.0. The molecule has 0 N–H and O–H groups in total. The molecule has 2 aliphatic rings. The van der Waals surface area contributed by atoms with E-state index in [0.29, 0.717) is 5.87 Å². The van der Waals surface area contributed by atoms with Crippen LogP contribution in [-0.2, 0) is 15.8 Å². The third-order valence-electron chi connectivity index (χ3n) is 5.37. The first-order chi connectivity index (χ1) is 11.9. The molecule has 2 aromatic rings. The Hall–Kier alpha value is 0.773. The molecule has 0 radical (unpaired) electrons. The number of hydrogen-bond donors (Lipinski definition) is 0. The van der Waals surface area contributed by atoms with E-state index in [2.05, 4.69) is 99.2 Å². The average Bonchev–Trinajstić information content (AvgIpc) is 3.21. The first kappa shape index (κ1) is 19.1. The van der Waals surface area contributed by atoms with Crippen LogP contribution in [0.2, 0.25) is 0 Å². The minimum atomic E-state index is -4.24. The van der Waals surface area contributed by atoms with E-state index in [1.807, 2.05) is 0 Å². The molecule has 0 aliphatic heterocycles. The third kappa shape index (κ3) is 2.88. The van der Waals surface area contributed by atoms with E-state index in [0.717, 1.165) is 8.95 Å². The van der Waals surface area contributed by atoms with Gasteiger partial charge in [-0.2, -0.15) is 0 Å². The molecule has 0 bridgehead atoms. The van der Waals surface area contributed by atoms with Gasteiger partial charge in [0.15, 0.2) is 0 Å². The van der Waals surface area contributed by atoms with Crippen molar-refractivity contribution in [2.24, 2.45) is 0 Å². The van der Waals surface area contributed by atoms with E-state index >= 15 is 0 Å². The van der Waals surface area contributed by atoms with Crippen LogP contribution in [0.3, 0.4) is 0 Å². The molecule has 0 amide bonds. The minimum absolute atomic E-state index is 0.139. The van der Waals surface area contributed by atoms with Gasteiger partial charge in [0, 0.05) is 0 Å². The molecular formula is C19H16Br2Cl2PZr. The van der Waals surface area contributed by atoms with Crippen LogP contribution in [0.5, 0.6) is 0 Å². The van der Waals surface area contributed by atoms with Gasteiger partial charge in [0.25, 0.3) is 0 Å². The van der Waals surface area contributed by atoms with Crippen LogP contribution in [0.15, 0.2) is 57.5 Å². The Kier molecular flexibility index (Phi) is 5.11. The van der Waals surface area contributed by atoms with Crippen LogP contribution in [0.1, 0.15) is 29.5 Å². The number of fused-ring (bicyclic) bond motifs is 2. The zero-order valence-corrected chi connectivity index (χ0v) is 21.6. The predicted octanol–water partition coefficient (Wildman–Crippen LogP) is 8.27. The molecule has 0 saturated heterocycles. The molecule has 3 atom stereocenters. The molecule has 129 valence electrons. The fourth-order valence-corrected chi connectivity index (χ4v) is 24.9. The number of hydrogen-bond acceptors (Lipinski definition) is 0. The zero-order valence-electron chi connectivity index (χ0n) is 13.4. The van der Waals surface area contributed by atoms with Crippen molar-refractivity contribution in [2.45, 2.75) is 7.25 Å². The second-order valence-corrected chi connectivity index (χ2v) is 42.1. The van der Waals surface area contributed by atoms with E-state index < -0.39 is 15.8 Å². The molecule has 0 saturated carbocycles. The number of benzene rings is 2. The van der Waals surface area contributed by atoms with Crippen molar-refractivity contribution in [1.29, 1.82) is 0 Å². The molecule has 0 fully saturated rings. The summed E-state index contributed by atoms with van der Waals surface area (Å²) in [6.45, 7) is 2.19. The van der Waals surface area contributed by atoms with Crippen molar-refractivity contribution in [3.8, 4) is 0 Å². The summed E-state index contributed by atoms with van der Waals surface area (Å²) >= 11 is 3.10. The molecule has 3 unspecified atom stereocenters. The quantitative estimate of drug-likeness (QED) is 0.313. The fourth-order valence-electron chi connectivity index (χ4n) is 4.02. The molecule has 0 spiro atoms. The van der Waals surface area contributed by atoms with Crippen LogP contribution in [0.4, 0.5) is 0 Å². The van der Waals surface area contributed by atoms with Crippen molar-refractivity contribution in [3.63, 3.8) is 0 Å². The molecule has 4 rings (SSSR count). The molecule has 2 aliphatic carbocycles. The summed E-state index contributed by atoms with van der Waals surface area (Å²) in [5.41, 5.74) is 5.00. The normalized spacial score (nSPS) is 23.0. The van der Waals surface area contributed by atoms with Gasteiger partial charge in [-0.25, -0.2) is 0 Å². The topological polar surface area (TPSA) is 0 Å². The van der Waals surface area contributed by atoms with Crippen molar-refractivity contribution in [3.05, 3.63) is 79.7 Å². The van der Waals surface area contributed by atoms with E-state index in [1.54, 1.807) is 0 Å². The van der Waals surface area contributed by atoms with Gasteiger partial charge in [-0.15, -0.1) is 0 Å². The fraction of sp³-hybridized carbons (Fsp3) is 0.158. The van der Waals surface area contributed by atoms with Crippen molar-refractivity contribution in [2.75, 3.05) is 6.66 Å². The summed E-state index contributed by atoms with van der Waals surface area (Å²) in [5, 5.41) is 0. The monoisotopic (exact) mass is 593 g/mol. The molecule has 0 heterocycles. The van der Waals surface area contributed by atoms with Gasteiger partial charge in [0.05, 0.1) is 0 Å². The van der Waals surface area contributed by atoms with Crippen LogP contribution in [0.25, 0.3) is 12.2 Å². The Morgan fingerprint density at radius 3 is 1.68 bits per heavy atom. The maximum atomic E-state index is 7.61. The second-order valence-electron chi connectivity index (χ2n) is 6.56. The predicted molar refractivity (Wildman–Crippen MR) is 118 cm³/mol. The number of halogens is 4. The number of allylic oxidation sites excluding steroid dienone is 2. The molecule has 0 nitrogen and oxygen atoms in total.